The van der Waals surface area contributed by atoms with Crippen LogP contribution < -0.4 is 5.32 Å². The first-order valence-corrected chi connectivity index (χ1v) is 6.66. The fourth-order valence-corrected chi connectivity index (χ4v) is 2.84. The molecule has 0 aliphatic carbocycles. The number of aryl methyl sites for hydroxylation is 1. The number of piperidine rings is 1. The SMILES string of the molecule is CCc1nc2cc(F)ccc2n1C1CCNCC1. The summed E-state index contributed by atoms with van der Waals surface area (Å²) in [7, 11) is 0. The normalized spacial score (nSPS) is 17.4. The lowest BCUT2D eigenvalue weighted by molar-refractivity contribution is 0.367. The quantitative estimate of drug-likeness (QED) is 0.884. The molecular weight excluding hydrogens is 229 g/mol. The van der Waals surface area contributed by atoms with Gasteiger partial charge >= 0.3 is 0 Å². The van der Waals surface area contributed by atoms with Crippen LogP contribution in [0.15, 0.2) is 18.2 Å². The number of imidazole rings is 1. The van der Waals surface area contributed by atoms with Gasteiger partial charge in [0.05, 0.1) is 11.0 Å². The molecule has 1 aliphatic rings. The van der Waals surface area contributed by atoms with E-state index in [9.17, 15) is 4.39 Å². The van der Waals surface area contributed by atoms with E-state index < -0.39 is 0 Å². The number of aromatic nitrogens is 2. The van der Waals surface area contributed by atoms with Gasteiger partial charge in [-0.15, -0.1) is 0 Å². The van der Waals surface area contributed by atoms with E-state index in [1.165, 1.54) is 12.1 Å². The Hall–Kier alpha value is -1.42. The van der Waals surface area contributed by atoms with Gasteiger partial charge in [0.25, 0.3) is 0 Å². The Bertz CT molecular complexity index is 555. The minimum absolute atomic E-state index is 0.208. The number of hydrogen-bond donors (Lipinski definition) is 1. The monoisotopic (exact) mass is 247 g/mol. The van der Waals surface area contributed by atoms with Gasteiger partial charge in [0.1, 0.15) is 11.6 Å². The molecule has 1 fully saturated rings. The molecule has 0 spiro atoms. The lowest BCUT2D eigenvalue weighted by atomic mass is 10.1. The highest BCUT2D eigenvalue weighted by Crippen LogP contribution is 2.27. The molecule has 4 heteroatoms. The van der Waals surface area contributed by atoms with Gasteiger partial charge in [-0.1, -0.05) is 6.92 Å². The first-order valence-electron chi connectivity index (χ1n) is 6.66. The smallest absolute Gasteiger partial charge is 0.125 e. The molecule has 0 saturated carbocycles. The van der Waals surface area contributed by atoms with Crippen LogP contribution in [0.4, 0.5) is 4.39 Å². The fraction of sp³-hybridized carbons (Fsp3) is 0.500. The molecule has 1 N–H and O–H groups in total. The van der Waals surface area contributed by atoms with Crippen molar-refractivity contribution in [3.63, 3.8) is 0 Å². The first kappa shape index (κ1) is 11.7. The molecule has 1 aromatic heterocycles. The van der Waals surface area contributed by atoms with E-state index in [0.717, 1.165) is 49.2 Å². The van der Waals surface area contributed by atoms with Crippen molar-refractivity contribution in [1.82, 2.24) is 14.9 Å². The average molecular weight is 247 g/mol. The van der Waals surface area contributed by atoms with E-state index in [0.29, 0.717) is 6.04 Å². The Kier molecular flexibility index (Phi) is 3.04. The number of nitrogens with one attached hydrogen (secondary N) is 1. The largest absolute Gasteiger partial charge is 0.325 e. The zero-order valence-electron chi connectivity index (χ0n) is 10.6. The lowest BCUT2D eigenvalue weighted by Crippen LogP contribution is -2.30. The van der Waals surface area contributed by atoms with Crippen LogP contribution in [0.5, 0.6) is 0 Å². The van der Waals surface area contributed by atoms with Crippen molar-refractivity contribution >= 4 is 11.0 Å². The summed E-state index contributed by atoms with van der Waals surface area (Å²) in [6, 6.07) is 5.42. The summed E-state index contributed by atoms with van der Waals surface area (Å²) in [6.07, 6.45) is 3.13. The predicted octanol–water partition coefficient (Wildman–Crippen LogP) is 2.66. The van der Waals surface area contributed by atoms with Crippen LogP contribution in [0.3, 0.4) is 0 Å². The van der Waals surface area contributed by atoms with E-state index in [1.807, 2.05) is 6.07 Å². The fourth-order valence-electron chi connectivity index (χ4n) is 2.84. The van der Waals surface area contributed by atoms with Gasteiger partial charge < -0.3 is 9.88 Å². The molecule has 0 unspecified atom stereocenters. The van der Waals surface area contributed by atoms with Crippen molar-refractivity contribution in [1.29, 1.82) is 0 Å². The molecule has 3 rings (SSSR count). The van der Waals surface area contributed by atoms with Crippen LogP contribution in [-0.2, 0) is 6.42 Å². The second kappa shape index (κ2) is 4.69. The van der Waals surface area contributed by atoms with Gasteiger partial charge in [0, 0.05) is 18.5 Å². The molecule has 1 aliphatic heterocycles. The van der Waals surface area contributed by atoms with E-state index in [2.05, 4.69) is 21.8 Å². The van der Waals surface area contributed by atoms with Crippen molar-refractivity contribution in [2.24, 2.45) is 0 Å². The van der Waals surface area contributed by atoms with E-state index in [1.54, 1.807) is 0 Å². The van der Waals surface area contributed by atoms with E-state index in [-0.39, 0.29) is 5.82 Å². The highest BCUT2D eigenvalue weighted by Gasteiger charge is 2.20. The van der Waals surface area contributed by atoms with E-state index in [4.69, 9.17) is 0 Å². The van der Waals surface area contributed by atoms with Crippen LogP contribution in [0.2, 0.25) is 0 Å². The Balaban J connectivity index is 2.12. The third-order valence-corrected chi connectivity index (χ3v) is 3.71. The first-order chi connectivity index (χ1) is 8.79. The van der Waals surface area contributed by atoms with Crippen LogP contribution in [0, 0.1) is 5.82 Å². The molecule has 0 atom stereocenters. The minimum Gasteiger partial charge on any atom is -0.325 e. The summed E-state index contributed by atoms with van der Waals surface area (Å²) in [4.78, 5) is 4.57. The highest BCUT2D eigenvalue weighted by atomic mass is 19.1. The van der Waals surface area contributed by atoms with Gasteiger partial charge in [-0.3, -0.25) is 0 Å². The van der Waals surface area contributed by atoms with Crippen molar-refractivity contribution in [2.45, 2.75) is 32.2 Å². The number of rotatable bonds is 2. The third-order valence-electron chi connectivity index (χ3n) is 3.71. The molecule has 0 bridgehead atoms. The molecule has 0 amide bonds. The van der Waals surface area contributed by atoms with Gasteiger partial charge in [-0.05, 0) is 38.1 Å². The summed E-state index contributed by atoms with van der Waals surface area (Å²) in [5.41, 5.74) is 1.85. The van der Waals surface area contributed by atoms with Gasteiger partial charge in [-0.25, -0.2) is 9.37 Å². The average Bonchev–Trinajstić information content (AvgIpc) is 2.77. The van der Waals surface area contributed by atoms with Gasteiger partial charge in [0.15, 0.2) is 0 Å². The van der Waals surface area contributed by atoms with Crippen LogP contribution in [0.25, 0.3) is 11.0 Å². The second-order valence-corrected chi connectivity index (χ2v) is 4.87. The molecule has 3 nitrogen and oxygen atoms in total. The van der Waals surface area contributed by atoms with Crippen molar-refractivity contribution < 1.29 is 4.39 Å². The summed E-state index contributed by atoms with van der Waals surface area (Å²) in [6.45, 7) is 4.21. The van der Waals surface area contributed by atoms with E-state index >= 15 is 0 Å². The van der Waals surface area contributed by atoms with Gasteiger partial charge in [-0.2, -0.15) is 0 Å². The molecule has 1 aromatic carbocycles. The summed E-state index contributed by atoms with van der Waals surface area (Å²) >= 11 is 0. The maximum absolute atomic E-state index is 13.3. The maximum Gasteiger partial charge on any atom is 0.125 e. The summed E-state index contributed by atoms with van der Waals surface area (Å²) < 4.78 is 15.6. The third kappa shape index (κ3) is 1.90. The number of fused-ring (bicyclic) bond motifs is 1. The number of benzene rings is 1. The van der Waals surface area contributed by atoms with Crippen molar-refractivity contribution in [3.8, 4) is 0 Å². The van der Waals surface area contributed by atoms with Crippen LogP contribution >= 0.6 is 0 Å². The Labute approximate surface area is 106 Å². The topological polar surface area (TPSA) is 29.9 Å². The molecule has 0 radical (unpaired) electrons. The van der Waals surface area contributed by atoms with Crippen LogP contribution in [0.1, 0.15) is 31.6 Å². The molecule has 2 aromatic rings. The molecule has 2 heterocycles. The van der Waals surface area contributed by atoms with Crippen molar-refractivity contribution in [2.75, 3.05) is 13.1 Å². The summed E-state index contributed by atoms with van der Waals surface area (Å²) in [5.74, 6) is 0.864. The maximum atomic E-state index is 13.3. The number of hydrogen-bond acceptors (Lipinski definition) is 2. The Morgan fingerprint density at radius 2 is 2.17 bits per heavy atom. The Morgan fingerprint density at radius 1 is 1.39 bits per heavy atom. The molecular formula is C14H18FN3. The molecule has 1 saturated heterocycles. The zero-order valence-corrected chi connectivity index (χ0v) is 10.6. The zero-order chi connectivity index (χ0) is 12.5. The molecule has 18 heavy (non-hydrogen) atoms. The Morgan fingerprint density at radius 3 is 2.89 bits per heavy atom. The summed E-state index contributed by atoms with van der Waals surface area (Å²) in [5, 5.41) is 3.38. The number of nitrogens with zero attached hydrogens (tertiary/aromatic N) is 2. The van der Waals surface area contributed by atoms with Crippen LogP contribution in [-0.4, -0.2) is 22.6 Å². The predicted molar refractivity (Wildman–Crippen MR) is 70.2 cm³/mol. The van der Waals surface area contributed by atoms with Crippen molar-refractivity contribution in [3.05, 3.63) is 29.8 Å². The highest BCUT2D eigenvalue weighted by molar-refractivity contribution is 5.76. The second-order valence-electron chi connectivity index (χ2n) is 4.87. The standard InChI is InChI=1S/C14H18FN3/c1-2-14-17-12-9-10(15)3-4-13(12)18(14)11-5-7-16-8-6-11/h3-4,9,11,16H,2,5-8H2,1H3. The lowest BCUT2D eigenvalue weighted by Gasteiger charge is -2.26. The number of halogens is 1. The van der Waals surface area contributed by atoms with Gasteiger partial charge in [0.2, 0.25) is 0 Å². The molecule has 96 valence electrons. The minimum atomic E-state index is -0.208.